The Bertz CT molecular complexity index is 557. The van der Waals surface area contributed by atoms with E-state index < -0.39 is 42.3 Å². The summed E-state index contributed by atoms with van der Waals surface area (Å²) >= 11 is 0. The van der Waals surface area contributed by atoms with Gasteiger partial charge in [0, 0.05) is 0 Å². The van der Waals surface area contributed by atoms with Crippen molar-refractivity contribution in [2.24, 2.45) is 0 Å². The molecule has 0 fully saturated rings. The molecule has 0 aromatic rings. The van der Waals surface area contributed by atoms with Crippen LogP contribution < -0.4 is 0 Å². The van der Waals surface area contributed by atoms with E-state index in [0.717, 1.165) is 0 Å². The predicted molar refractivity (Wildman–Crippen MR) is 67.0 cm³/mol. The van der Waals surface area contributed by atoms with Crippen molar-refractivity contribution >= 4 is 26.2 Å². The van der Waals surface area contributed by atoms with Crippen molar-refractivity contribution in [1.29, 1.82) is 0 Å². The molecule has 0 spiro atoms. The minimum absolute atomic E-state index is 0.141. The van der Waals surface area contributed by atoms with E-state index in [9.17, 15) is 21.6 Å². The zero-order valence-corrected chi connectivity index (χ0v) is 12.0. The Morgan fingerprint density at radius 1 is 1.05 bits per heavy atom. The fourth-order valence-corrected chi connectivity index (χ4v) is 3.18. The molecule has 10 heteroatoms. The molecular formula is C9H16O8S2. The summed E-state index contributed by atoms with van der Waals surface area (Å²) in [5.74, 6) is -1.67. The summed E-state index contributed by atoms with van der Waals surface area (Å²) in [6, 6.07) is 0. The maximum atomic E-state index is 11.1. The van der Waals surface area contributed by atoms with Gasteiger partial charge in [-0.15, -0.1) is 0 Å². The smallest absolute Gasteiger partial charge is 0.332 e. The van der Waals surface area contributed by atoms with Crippen molar-refractivity contribution in [2.45, 2.75) is 37.2 Å². The zero-order valence-electron chi connectivity index (χ0n) is 10.3. The summed E-state index contributed by atoms with van der Waals surface area (Å²) in [6.07, 6.45) is 0.246. The Morgan fingerprint density at radius 3 is 1.74 bits per heavy atom. The highest BCUT2D eigenvalue weighted by Crippen LogP contribution is 2.19. The van der Waals surface area contributed by atoms with Crippen molar-refractivity contribution in [3.8, 4) is 0 Å². The van der Waals surface area contributed by atoms with Crippen LogP contribution in [0.5, 0.6) is 0 Å². The molecule has 0 aromatic heterocycles. The highest BCUT2D eigenvalue weighted by Gasteiger charge is 2.32. The van der Waals surface area contributed by atoms with E-state index in [2.05, 4.69) is 0 Å². The van der Waals surface area contributed by atoms with Crippen LogP contribution in [0.3, 0.4) is 0 Å². The summed E-state index contributed by atoms with van der Waals surface area (Å²) in [7, 11) is -9.23. The third-order valence-corrected chi connectivity index (χ3v) is 5.02. The van der Waals surface area contributed by atoms with E-state index >= 15 is 0 Å². The number of carbonyl (C=O) groups is 1. The van der Waals surface area contributed by atoms with E-state index in [1.807, 2.05) is 0 Å². The third-order valence-electron chi connectivity index (χ3n) is 2.47. The van der Waals surface area contributed by atoms with Gasteiger partial charge in [0.15, 0.2) is 0 Å². The van der Waals surface area contributed by atoms with Gasteiger partial charge in [0.1, 0.15) is 10.5 Å². The van der Waals surface area contributed by atoms with E-state index in [-0.39, 0.29) is 12.8 Å². The number of hydrogen-bond donors (Lipinski definition) is 3. The van der Waals surface area contributed by atoms with Crippen LogP contribution in [0.15, 0.2) is 11.6 Å². The largest absolute Gasteiger partial charge is 0.478 e. The Balaban J connectivity index is 5.88. The first-order chi connectivity index (χ1) is 8.45. The molecule has 0 bridgehead atoms. The van der Waals surface area contributed by atoms with Crippen molar-refractivity contribution in [3.05, 3.63) is 11.6 Å². The Kier molecular flexibility index (Phi) is 6.13. The number of hydrogen-bond acceptors (Lipinski definition) is 5. The maximum Gasteiger partial charge on any atom is 0.332 e. The first-order valence-electron chi connectivity index (χ1n) is 5.32. The molecule has 112 valence electrons. The van der Waals surface area contributed by atoms with Crippen LogP contribution in [0, 0.1) is 0 Å². The highest BCUT2D eigenvalue weighted by molar-refractivity contribution is 7.87. The van der Waals surface area contributed by atoms with E-state index in [1.54, 1.807) is 0 Å². The van der Waals surface area contributed by atoms with E-state index in [1.165, 1.54) is 13.8 Å². The maximum absolute atomic E-state index is 11.1. The number of rotatable bonds is 7. The summed E-state index contributed by atoms with van der Waals surface area (Å²) in [5.41, 5.74) is -0.783. The lowest BCUT2D eigenvalue weighted by Crippen LogP contribution is -2.29. The lowest BCUT2D eigenvalue weighted by Gasteiger charge is -2.15. The third kappa shape index (κ3) is 5.27. The molecule has 0 amide bonds. The standard InChI is InChI=1S/C9H16O8S2/c1-3-6(18(12,13)14)5-7(9(10)11)8(4-2)19(15,16)17/h5-6,8H,3-4H2,1-2H3,(H,10,11)(H,12,13,14)(H,15,16,17)/b7-5-. The van der Waals surface area contributed by atoms with Gasteiger partial charge in [-0.05, 0) is 12.8 Å². The topological polar surface area (TPSA) is 146 Å². The molecule has 3 N–H and O–H groups in total. The number of carboxylic acid groups (broad SMARTS) is 1. The van der Waals surface area contributed by atoms with Crippen LogP contribution in [0.25, 0.3) is 0 Å². The minimum Gasteiger partial charge on any atom is -0.478 e. The molecule has 0 saturated heterocycles. The van der Waals surface area contributed by atoms with Gasteiger partial charge < -0.3 is 5.11 Å². The molecule has 0 heterocycles. The average molecular weight is 316 g/mol. The molecule has 0 aliphatic heterocycles. The fraction of sp³-hybridized carbons (Fsp3) is 0.667. The van der Waals surface area contributed by atoms with Gasteiger partial charge in [0.25, 0.3) is 20.2 Å². The molecule has 8 nitrogen and oxygen atoms in total. The molecule has 2 unspecified atom stereocenters. The van der Waals surface area contributed by atoms with Gasteiger partial charge in [0.2, 0.25) is 0 Å². The summed E-state index contributed by atoms with van der Waals surface area (Å²) in [6.45, 7) is 2.70. The summed E-state index contributed by atoms with van der Waals surface area (Å²) in [4.78, 5) is 11.0. The van der Waals surface area contributed by atoms with Crippen LogP contribution in [-0.2, 0) is 25.0 Å². The molecule has 0 aromatic carbocycles. The summed E-state index contributed by atoms with van der Waals surface area (Å²) in [5, 5.41) is 5.63. The van der Waals surface area contributed by atoms with E-state index in [0.29, 0.717) is 6.08 Å². The van der Waals surface area contributed by atoms with Gasteiger partial charge in [0.05, 0.1) is 5.57 Å². The van der Waals surface area contributed by atoms with Crippen molar-refractivity contribution < 1.29 is 35.8 Å². The molecule has 0 aliphatic carbocycles. The van der Waals surface area contributed by atoms with Gasteiger partial charge in [-0.1, -0.05) is 19.9 Å². The van der Waals surface area contributed by atoms with E-state index in [4.69, 9.17) is 14.2 Å². The SMILES string of the molecule is CCC(/C=C(\C(=O)O)C(CC)S(=O)(=O)O)S(=O)(=O)O. The van der Waals surface area contributed by atoms with Crippen LogP contribution in [0.4, 0.5) is 0 Å². The Hall–Kier alpha value is -0.970. The molecular weight excluding hydrogens is 300 g/mol. The van der Waals surface area contributed by atoms with Gasteiger partial charge in [-0.25, -0.2) is 4.79 Å². The molecule has 0 saturated carbocycles. The van der Waals surface area contributed by atoms with Crippen LogP contribution in [0.1, 0.15) is 26.7 Å². The highest BCUT2D eigenvalue weighted by atomic mass is 32.2. The van der Waals surface area contributed by atoms with Crippen LogP contribution in [-0.4, -0.2) is 47.5 Å². The number of aliphatic carboxylic acids is 1. The zero-order chi connectivity index (χ0) is 15.4. The molecule has 19 heavy (non-hydrogen) atoms. The first-order valence-corrected chi connectivity index (χ1v) is 8.33. The lowest BCUT2D eigenvalue weighted by atomic mass is 10.1. The molecule has 0 rings (SSSR count). The predicted octanol–water partition coefficient (Wildman–Crippen LogP) is 0.330. The molecule has 0 radical (unpaired) electrons. The second-order valence-corrected chi connectivity index (χ2v) is 7.04. The van der Waals surface area contributed by atoms with Crippen molar-refractivity contribution in [2.75, 3.05) is 0 Å². The van der Waals surface area contributed by atoms with Gasteiger partial charge in [-0.2, -0.15) is 16.8 Å². The fourth-order valence-electron chi connectivity index (χ4n) is 1.52. The normalized spacial score (nSPS) is 16.9. The van der Waals surface area contributed by atoms with Gasteiger partial charge in [-0.3, -0.25) is 9.11 Å². The Morgan fingerprint density at radius 2 is 1.53 bits per heavy atom. The monoisotopic (exact) mass is 316 g/mol. The average Bonchev–Trinajstić information content (AvgIpc) is 2.19. The quantitative estimate of drug-likeness (QED) is 0.450. The minimum atomic E-state index is -4.68. The Labute approximate surface area is 111 Å². The second-order valence-electron chi connectivity index (χ2n) is 3.80. The van der Waals surface area contributed by atoms with Gasteiger partial charge >= 0.3 is 5.97 Å². The second kappa shape index (κ2) is 6.46. The summed E-state index contributed by atoms with van der Waals surface area (Å²) < 4.78 is 61.9. The molecule has 2 atom stereocenters. The first kappa shape index (κ1) is 18.0. The number of carboxylic acids is 1. The van der Waals surface area contributed by atoms with Crippen molar-refractivity contribution in [3.63, 3.8) is 0 Å². The van der Waals surface area contributed by atoms with Crippen molar-refractivity contribution in [1.82, 2.24) is 0 Å². The lowest BCUT2D eigenvalue weighted by molar-refractivity contribution is -0.132. The molecule has 0 aliphatic rings. The van der Waals surface area contributed by atoms with Crippen LogP contribution >= 0.6 is 0 Å². The van der Waals surface area contributed by atoms with Crippen LogP contribution in [0.2, 0.25) is 0 Å².